The fourth-order valence-electron chi connectivity index (χ4n) is 19.6. The third-order valence-corrected chi connectivity index (χ3v) is 25.4. The first-order chi connectivity index (χ1) is 52.4. The van der Waals surface area contributed by atoms with Gasteiger partial charge in [0.05, 0.1) is 50.8 Å². The first kappa shape index (κ1) is 95.6. The molecule has 16 aliphatic carbocycles. The van der Waals surface area contributed by atoms with Crippen LogP contribution in [0, 0.1) is 5.41 Å². The van der Waals surface area contributed by atoms with Gasteiger partial charge < -0.3 is 39.4 Å². The lowest BCUT2D eigenvalue weighted by Crippen LogP contribution is -3.09. The van der Waals surface area contributed by atoms with Gasteiger partial charge in [-0.3, -0.25) is 0 Å². The van der Waals surface area contributed by atoms with E-state index in [1.54, 1.807) is 0 Å². The molecule has 4 atom stereocenters. The minimum absolute atomic E-state index is 2.79. The Balaban J connectivity index is 1.05. The van der Waals surface area contributed by atoms with E-state index in [1.165, 1.54) is 0 Å². The molecule has 16 rings (SSSR count). The van der Waals surface area contributed by atoms with Gasteiger partial charge >= 0.3 is 233 Å². The summed E-state index contributed by atoms with van der Waals surface area (Å²) in [7, 11) is 0. The molecule has 0 spiro atoms. The van der Waals surface area contributed by atoms with Crippen molar-refractivity contribution in [3.8, 4) is 0 Å². The van der Waals surface area contributed by atoms with Crippen LogP contribution in [0.25, 0.3) is 0 Å². The molecular formula is C53H24F60O8. The van der Waals surface area contributed by atoms with Crippen LogP contribution in [0.1, 0.15) is 25.7 Å². The quantitative estimate of drug-likeness (QED) is 0.0891. The summed E-state index contributed by atoms with van der Waals surface area (Å²) >= 11 is 0. The summed E-state index contributed by atoms with van der Waals surface area (Å²) < 4.78 is 964. The van der Waals surface area contributed by atoms with Crippen LogP contribution >= 0.6 is 0 Å². The van der Waals surface area contributed by atoms with Gasteiger partial charge in [-0.25, -0.2) is 87.8 Å². The Labute approximate surface area is 617 Å². The van der Waals surface area contributed by atoms with Crippen molar-refractivity contribution in [2.75, 3.05) is 26.4 Å². The predicted octanol–water partition coefficient (Wildman–Crippen LogP) is 15.9. The predicted molar refractivity (Wildman–Crippen MR) is 244 cm³/mol. The van der Waals surface area contributed by atoms with Crippen molar-refractivity contribution in [1.29, 1.82) is 0 Å². The molecule has 0 aliphatic heterocycles. The number of hydrogen-bond acceptors (Lipinski definition) is 8. The molecule has 0 aromatic heterocycles. The molecule has 0 aromatic rings. The molecule has 0 amide bonds. The lowest BCUT2D eigenvalue weighted by Gasteiger charge is -2.74. The topological polar surface area (TPSA) is 118 Å². The van der Waals surface area contributed by atoms with Crippen LogP contribution in [-0.4, -0.2) is 304 Å². The highest BCUT2D eigenvalue weighted by Gasteiger charge is 3.29. The molecule has 704 valence electrons. The van der Waals surface area contributed by atoms with Gasteiger partial charge in [-0.2, -0.15) is 176 Å². The maximum atomic E-state index is 17.1. The maximum absolute atomic E-state index is 17.1. The SMILES string of the molecule is OC(COC1(F)C2(F)C(F)(F)C3(F)C(F)(F)C(F)(C2(F)F)C(F)(F)C1(F)C3(F)F)CC(CC(O)COC1(F)C2(F)C(F)(F)C3(F)C(F)(F)C(F)(C2(F)F)C(F)(F)C1(F)C3(F)F)(CC(O)COC1(F)C2(F)C(F)(F)C3(F)C(F)(F)C(F)(C2(F)F)C(F)(F)C1(F)C3(F)F)CC(O)COC1(F)C2(F)C(F)(F)C3(F)C(F)(F)C(F)(C2(F)F)C(F)(F)C1(F)C3(F)F. The highest BCUT2D eigenvalue weighted by Crippen LogP contribution is 2.95. The van der Waals surface area contributed by atoms with E-state index in [-0.39, 0.29) is 0 Å². The Morgan fingerprint density at radius 1 is 0.140 bits per heavy atom. The third-order valence-electron chi connectivity index (χ3n) is 25.4. The fraction of sp³-hybridized carbons (Fsp3) is 1.00. The Morgan fingerprint density at radius 3 is 0.298 bits per heavy atom. The second-order valence-electron chi connectivity index (χ2n) is 30.6. The second-order valence-corrected chi connectivity index (χ2v) is 30.6. The van der Waals surface area contributed by atoms with E-state index in [1.807, 2.05) is 0 Å². The summed E-state index contributed by atoms with van der Waals surface area (Å²) in [5, 5.41) is 44.4. The second kappa shape index (κ2) is 21.5. The van der Waals surface area contributed by atoms with E-state index in [0.29, 0.717) is 0 Å². The number of ether oxygens (including phenoxy) is 4. The summed E-state index contributed by atoms with van der Waals surface area (Å²) in [5.74, 6) is -217. The zero-order valence-corrected chi connectivity index (χ0v) is 54.6. The van der Waals surface area contributed by atoms with Crippen molar-refractivity contribution < 1.29 is 303 Å². The fourth-order valence-corrected chi connectivity index (χ4v) is 19.6. The lowest BCUT2D eigenvalue weighted by molar-refractivity contribution is -0.618. The molecule has 0 radical (unpaired) electrons. The summed E-state index contributed by atoms with van der Waals surface area (Å²) in [6.45, 7) is -17.9. The van der Waals surface area contributed by atoms with Crippen molar-refractivity contribution >= 4 is 0 Å². The molecular weight excluding hydrogens is 1900 g/mol. The van der Waals surface area contributed by atoms with Gasteiger partial charge in [0.15, 0.2) is 0 Å². The summed E-state index contributed by atoms with van der Waals surface area (Å²) in [4.78, 5) is 0. The number of alkyl halides is 60. The first-order valence-corrected chi connectivity index (χ1v) is 31.0. The lowest BCUT2D eigenvalue weighted by atomic mass is 9.40. The highest BCUT2D eigenvalue weighted by molar-refractivity contribution is 5.59. The molecule has 0 saturated heterocycles. The highest BCUT2D eigenvalue weighted by atomic mass is 19.4. The van der Waals surface area contributed by atoms with Gasteiger partial charge in [0, 0.05) is 0 Å². The molecule has 8 nitrogen and oxygen atoms in total. The van der Waals surface area contributed by atoms with Gasteiger partial charge in [-0.1, -0.05) is 0 Å². The molecule has 16 saturated carbocycles. The molecule has 121 heavy (non-hydrogen) atoms. The number of rotatable bonds is 20. The number of aliphatic hydroxyl groups excluding tert-OH is 4. The zero-order chi connectivity index (χ0) is 95.3. The zero-order valence-electron chi connectivity index (χ0n) is 54.6. The van der Waals surface area contributed by atoms with E-state index in [0.717, 1.165) is 0 Å². The van der Waals surface area contributed by atoms with E-state index >= 15 is 263 Å². The van der Waals surface area contributed by atoms with Crippen molar-refractivity contribution in [3.05, 3.63) is 0 Å². The van der Waals surface area contributed by atoms with Gasteiger partial charge in [0.25, 0.3) is 0 Å². The molecule has 16 fully saturated rings. The van der Waals surface area contributed by atoms with Crippen molar-refractivity contribution in [1.82, 2.24) is 0 Å². The van der Waals surface area contributed by atoms with Gasteiger partial charge in [0.2, 0.25) is 0 Å². The first-order valence-electron chi connectivity index (χ1n) is 31.0. The Hall–Kier alpha value is -4.52. The average molecular weight is 1930 g/mol. The smallest absolute Gasteiger partial charge is 0.339 e. The van der Waals surface area contributed by atoms with Crippen LogP contribution in [0.2, 0.25) is 0 Å². The molecule has 4 unspecified atom stereocenters. The third kappa shape index (κ3) is 6.69. The molecule has 4 N–H and O–H groups in total. The maximum Gasteiger partial charge on any atom is 0.339 e. The van der Waals surface area contributed by atoms with Crippen molar-refractivity contribution in [2.24, 2.45) is 5.41 Å². The van der Waals surface area contributed by atoms with Gasteiger partial charge in [-0.05, 0) is 31.1 Å². The minimum Gasteiger partial charge on any atom is -0.391 e. The van der Waals surface area contributed by atoms with E-state index in [2.05, 4.69) is 18.9 Å². The van der Waals surface area contributed by atoms with E-state index in [9.17, 15) is 20.4 Å². The average Bonchev–Trinajstić information content (AvgIpc) is 0.605. The Bertz CT molecular complexity index is 3510. The monoisotopic (exact) mass is 1930 g/mol. The van der Waals surface area contributed by atoms with Crippen LogP contribution in [0.15, 0.2) is 0 Å². The Morgan fingerprint density at radius 2 is 0.215 bits per heavy atom. The summed E-state index contributed by atoms with van der Waals surface area (Å²) in [6, 6.07) is 0. The normalized spacial score (nSPS) is 53.0. The minimum atomic E-state index is -9.11. The summed E-state index contributed by atoms with van der Waals surface area (Å²) in [6.07, 6.45) is -37.1. The summed E-state index contributed by atoms with van der Waals surface area (Å²) in [5.41, 5.74) is -150. The van der Waals surface area contributed by atoms with Crippen LogP contribution in [0.4, 0.5) is 263 Å². The van der Waals surface area contributed by atoms with Gasteiger partial charge in [0.1, 0.15) is 0 Å². The van der Waals surface area contributed by atoms with Crippen molar-refractivity contribution in [3.63, 3.8) is 0 Å². The number of halogens is 60. The van der Waals surface area contributed by atoms with Crippen LogP contribution in [0.5, 0.6) is 0 Å². The molecule has 0 heterocycles. The Kier molecular flexibility index (Phi) is 17.0. The molecule has 16 aliphatic rings. The van der Waals surface area contributed by atoms with Crippen molar-refractivity contribution in [2.45, 2.75) is 283 Å². The van der Waals surface area contributed by atoms with Crippen LogP contribution in [0.3, 0.4) is 0 Å². The van der Waals surface area contributed by atoms with Crippen LogP contribution in [-0.2, 0) is 18.9 Å². The molecule has 0 aromatic carbocycles. The van der Waals surface area contributed by atoms with Gasteiger partial charge in [-0.15, -0.1) is 0 Å². The molecule has 16 bridgehead atoms. The molecule has 68 heteroatoms. The van der Waals surface area contributed by atoms with E-state index < -0.39 is 315 Å². The van der Waals surface area contributed by atoms with E-state index in [4.69, 9.17) is 0 Å². The number of aliphatic hydroxyl groups is 4. The number of hydrogen-bond donors (Lipinski definition) is 4. The largest absolute Gasteiger partial charge is 0.391 e. The standard InChI is InChI=1S/C53H24F60O8/c54-14-30(70,71)15(55)36(82,83)22(62,34(14,78)79)50(110,23(63,35(14,80)81)37(15,84)85)118-5-9(114)1-13(2-10(115)6-119-51(111)24(64)38(86,87)16(56)31(72,73)17(57,40(24,90)91)41(92,93)25(51,65)39(16,88)89,3-11(116)7-120-52(112)26(66)42(94,95)18(58)32(74,75)19(59,44(26,98)99)45(100,101)27(52,67)43(18,96)97)4-12(117)8-121-53(113)28(68)46(102,103)20(60)33(76,77)21(61,48(28,106)107)49(108,109)29(53,69)47(20,104)105/h9-12,114-117H,1-8H2. The van der Waals surface area contributed by atoms with Crippen LogP contribution < -0.4 is 0 Å².